The van der Waals surface area contributed by atoms with Crippen molar-refractivity contribution < 1.29 is 80.2 Å². The number of phosphoric ester groups is 2. The van der Waals surface area contributed by atoms with Gasteiger partial charge in [-0.15, -0.1) is 0 Å². The zero-order chi connectivity index (χ0) is 65.4. The molecule has 0 aromatic heterocycles. The van der Waals surface area contributed by atoms with E-state index >= 15 is 0 Å². The van der Waals surface area contributed by atoms with Crippen molar-refractivity contribution in [3.05, 3.63) is 0 Å². The second-order valence-corrected chi connectivity index (χ2v) is 28.2. The van der Waals surface area contributed by atoms with Gasteiger partial charge in [-0.25, -0.2) is 9.13 Å². The molecular formula is C70H136O17P2. The quantitative estimate of drug-likeness (QED) is 0.0222. The summed E-state index contributed by atoms with van der Waals surface area (Å²) in [6, 6.07) is 0. The molecule has 5 atom stereocenters. The van der Waals surface area contributed by atoms with E-state index in [-0.39, 0.29) is 25.7 Å². The summed E-state index contributed by atoms with van der Waals surface area (Å²) in [6.07, 6.45) is 53.2. The van der Waals surface area contributed by atoms with Crippen LogP contribution in [0.1, 0.15) is 368 Å². The van der Waals surface area contributed by atoms with Crippen LogP contribution in [0.4, 0.5) is 0 Å². The molecule has 0 bridgehead atoms. The molecule has 2 unspecified atom stereocenters. The summed E-state index contributed by atoms with van der Waals surface area (Å²) in [5.74, 6) is -2.13. The molecule has 0 radical (unpaired) electrons. The van der Waals surface area contributed by atoms with Crippen LogP contribution in [0.5, 0.6) is 0 Å². The maximum Gasteiger partial charge on any atom is 0.472 e. The Morgan fingerprint density at radius 2 is 0.449 bits per heavy atom. The molecule has 0 spiro atoms. The number of carbonyl (C=O) groups is 4. The van der Waals surface area contributed by atoms with Crippen molar-refractivity contribution in [2.75, 3.05) is 39.6 Å². The van der Waals surface area contributed by atoms with Crippen LogP contribution in [0.25, 0.3) is 0 Å². The molecule has 0 heterocycles. The van der Waals surface area contributed by atoms with Crippen molar-refractivity contribution in [2.24, 2.45) is 0 Å². The lowest BCUT2D eigenvalue weighted by Gasteiger charge is -2.21. The number of rotatable bonds is 71. The summed E-state index contributed by atoms with van der Waals surface area (Å²) >= 11 is 0. The molecule has 0 fully saturated rings. The second kappa shape index (κ2) is 64.8. The highest BCUT2D eigenvalue weighted by molar-refractivity contribution is 7.47. The van der Waals surface area contributed by atoms with E-state index in [0.717, 1.165) is 96.3 Å². The summed E-state index contributed by atoms with van der Waals surface area (Å²) in [5.41, 5.74) is 0. The largest absolute Gasteiger partial charge is 0.472 e. The molecule has 0 aliphatic carbocycles. The van der Waals surface area contributed by atoms with E-state index in [1.165, 1.54) is 193 Å². The van der Waals surface area contributed by atoms with E-state index in [1.807, 2.05) is 0 Å². The van der Waals surface area contributed by atoms with Gasteiger partial charge in [0, 0.05) is 25.7 Å². The standard InChI is InChI=1S/C70H136O17P2/c1-5-9-13-17-20-23-26-28-29-30-31-32-33-34-35-37-39-42-45-49-53-57-70(75)87-66(61-81-68(73)55-51-47-43-41-38-36-27-24-21-18-14-10-6-2)63-85-89(78,79)83-59-64(71)58-82-88(76,77)84-62-65(60-80-67(72)54-50-46-16-12-8-4)86-69(74)56-52-48-44-40-25-22-19-15-11-7-3/h64-66,71H,5-63H2,1-4H3,(H,76,77)(H,78,79)/t64-,65+,66+/m0/s1. The molecule has 3 N–H and O–H groups in total. The van der Waals surface area contributed by atoms with Gasteiger partial charge in [0.25, 0.3) is 0 Å². The van der Waals surface area contributed by atoms with E-state index in [4.69, 9.17) is 37.0 Å². The third-order valence-corrected chi connectivity index (χ3v) is 18.3. The van der Waals surface area contributed by atoms with Gasteiger partial charge in [0.05, 0.1) is 26.4 Å². The van der Waals surface area contributed by atoms with E-state index in [9.17, 15) is 43.2 Å². The van der Waals surface area contributed by atoms with Crippen molar-refractivity contribution in [3.8, 4) is 0 Å². The molecule has 0 saturated heterocycles. The van der Waals surface area contributed by atoms with Crippen LogP contribution in [-0.4, -0.2) is 96.7 Å². The zero-order valence-electron chi connectivity index (χ0n) is 57.4. The summed E-state index contributed by atoms with van der Waals surface area (Å²) in [4.78, 5) is 72.2. The van der Waals surface area contributed by atoms with Crippen LogP contribution in [0, 0.1) is 0 Å². The lowest BCUT2D eigenvalue weighted by molar-refractivity contribution is -0.161. The fourth-order valence-electron chi connectivity index (χ4n) is 10.7. The first-order valence-corrected chi connectivity index (χ1v) is 39.8. The Bertz CT molecular complexity index is 1710. The number of aliphatic hydroxyl groups excluding tert-OH is 1. The smallest absolute Gasteiger partial charge is 0.462 e. The Balaban J connectivity index is 5.10. The zero-order valence-corrected chi connectivity index (χ0v) is 59.2. The van der Waals surface area contributed by atoms with Gasteiger partial charge in [-0.3, -0.25) is 37.3 Å². The number of phosphoric acid groups is 2. The van der Waals surface area contributed by atoms with E-state index in [0.29, 0.717) is 25.7 Å². The molecule has 89 heavy (non-hydrogen) atoms. The molecule has 19 heteroatoms. The number of carbonyl (C=O) groups excluding carboxylic acids is 4. The number of aliphatic hydroxyl groups is 1. The number of unbranched alkanes of at least 4 members (excludes halogenated alkanes) is 45. The molecule has 0 aromatic rings. The van der Waals surface area contributed by atoms with Crippen LogP contribution in [0.2, 0.25) is 0 Å². The fourth-order valence-corrected chi connectivity index (χ4v) is 12.3. The minimum Gasteiger partial charge on any atom is -0.462 e. The maximum absolute atomic E-state index is 13.0. The highest BCUT2D eigenvalue weighted by Gasteiger charge is 2.30. The first-order valence-electron chi connectivity index (χ1n) is 36.8. The van der Waals surface area contributed by atoms with Gasteiger partial charge in [-0.1, -0.05) is 317 Å². The third-order valence-electron chi connectivity index (χ3n) is 16.4. The minimum atomic E-state index is -4.95. The second-order valence-electron chi connectivity index (χ2n) is 25.3. The average Bonchev–Trinajstić information content (AvgIpc) is 3.73. The van der Waals surface area contributed by atoms with Gasteiger partial charge >= 0.3 is 39.5 Å². The van der Waals surface area contributed by atoms with Crippen LogP contribution in [-0.2, 0) is 65.4 Å². The molecule has 528 valence electrons. The Kier molecular flexibility index (Phi) is 63.3. The van der Waals surface area contributed by atoms with Gasteiger partial charge < -0.3 is 33.8 Å². The summed E-state index contributed by atoms with van der Waals surface area (Å²) in [7, 11) is -9.88. The van der Waals surface area contributed by atoms with Crippen LogP contribution >= 0.6 is 15.6 Å². The Hall–Kier alpha value is -1.94. The lowest BCUT2D eigenvalue weighted by atomic mass is 10.0. The third kappa shape index (κ3) is 64.6. The molecule has 0 aliphatic rings. The summed E-state index contributed by atoms with van der Waals surface area (Å²) in [6.45, 7) is 4.84. The van der Waals surface area contributed by atoms with Gasteiger partial charge in [0.15, 0.2) is 12.2 Å². The average molecular weight is 1310 g/mol. The molecule has 0 aromatic carbocycles. The molecule has 0 aliphatic heterocycles. The highest BCUT2D eigenvalue weighted by Crippen LogP contribution is 2.45. The highest BCUT2D eigenvalue weighted by atomic mass is 31.2. The monoisotopic (exact) mass is 1310 g/mol. The molecule has 17 nitrogen and oxygen atoms in total. The molecule has 0 saturated carbocycles. The minimum absolute atomic E-state index is 0.106. The predicted molar refractivity (Wildman–Crippen MR) is 359 cm³/mol. The number of esters is 4. The van der Waals surface area contributed by atoms with Crippen LogP contribution in [0.15, 0.2) is 0 Å². The Morgan fingerprint density at radius 1 is 0.270 bits per heavy atom. The maximum atomic E-state index is 13.0. The number of hydrogen-bond donors (Lipinski definition) is 3. The molecular weight excluding hydrogens is 1170 g/mol. The van der Waals surface area contributed by atoms with Crippen molar-refractivity contribution >= 4 is 39.5 Å². The van der Waals surface area contributed by atoms with E-state index < -0.39 is 97.5 Å². The molecule has 0 amide bonds. The fraction of sp³-hybridized carbons (Fsp3) is 0.943. The Morgan fingerprint density at radius 3 is 0.663 bits per heavy atom. The van der Waals surface area contributed by atoms with Crippen molar-refractivity contribution in [2.45, 2.75) is 386 Å². The first kappa shape index (κ1) is 87.1. The number of ether oxygens (including phenoxy) is 4. The predicted octanol–water partition coefficient (Wildman–Crippen LogP) is 20.3. The summed E-state index contributed by atoms with van der Waals surface area (Å²) < 4.78 is 68.0. The van der Waals surface area contributed by atoms with E-state index in [1.54, 1.807) is 0 Å². The van der Waals surface area contributed by atoms with Gasteiger partial charge in [0.2, 0.25) is 0 Å². The van der Waals surface area contributed by atoms with Crippen molar-refractivity contribution in [1.82, 2.24) is 0 Å². The van der Waals surface area contributed by atoms with Gasteiger partial charge in [-0.05, 0) is 25.7 Å². The van der Waals surface area contributed by atoms with Crippen molar-refractivity contribution in [3.63, 3.8) is 0 Å². The van der Waals surface area contributed by atoms with Crippen LogP contribution in [0.3, 0.4) is 0 Å². The lowest BCUT2D eigenvalue weighted by Crippen LogP contribution is -2.30. The van der Waals surface area contributed by atoms with Gasteiger partial charge in [0.1, 0.15) is 19.3 Å². The summed E-state index contributed by atoms with van der Waals surface area (Å²) in [5, 5.41) is 10.5. The SMILES string of the molecule is CCCCCCCCCCCCCCCCCCCCCCCC(=O)O[C@H](COC(=O)CCCCCCCCCCCCCCC)COP(=O)(O)OC[C@@H](O)COP(=O)(O)OC[C@@H](COC(=O)CCCCCCC)OC(=O)CCCCCCCCCCCC. The van der Waals surface area contributed by atoms with E-state index in [2.05, 4.69) is 27.7 Å². The van der Waals surface area contributed by atoms with Gasteiger partial charge in [-0.2, -0.15) is 0 Å². The van der Waals surface area contributed by atoms with Crippen LogP contribution < -0.4 is 0 Å². The number of hydrogen-bond acceptors (Lipinski definition) is 15. The first-order chi connectivity index (χ1) is 43.2. The normalized spacial score (nSPS) is 14.0. The topological polar surface area (TPSA) is 237 Å². The molecule has 0 rings (SSSR count). The Labute approximate surface area is 543 Å². The van der Waals surface area contributed by atoms with Crippen molar-refractivity contribution in [1.29, 1.82) is 0 Å².